The Labute approximate surface area is 122 Å². The van der Waals surface area contributed by atoms with E-state index in [1.807, 2.05) is 0 Å². The third-order valence-electron chi connectivity index (χ3n) is 2.94. The lowest BCUT2D eigenvalue weighted by Crippen LogP contribution is -2.07. The SMILES string of the molecule is COc1cc(C(=O)c2cccc(OC)c2N)ccc1Cl. The van der Waals surface area contributed by atoms with Gasteiger partial charge in [0.15, 0.2) is 5.78 Å². The monoisotopic (exact) mass is 291 g/mol. The zero-order chi connectivity index (χ0) is 14.7. The van der Waals surface area contributed by atoms with Gasteiger partial charge in [-0.2, -0.15) is 0 Å². The smallest absolute Gasteiger partial charge is 0.195 e. The van der Waals surface area contributed by atoms with Crippen LogP contribution < -0.4 is 15.2 Å². The fourth-order valence-electron chi connectivity index (χ4n) is 1.88. The van der Waals surface area contributed by atoms with Gasteiger partial charge in [0.2, 0.25) is 0 Å². The number of ether oxygens (including phenoxy) is 2. The van der Waals surface area contributed by atoms with Gasteiger partial charge >= 0.3 is 0 Å². The third kappa shape index (κ3) is 2.56. The van der Waals surface area contributed by atoms with Crippen LogP contribution in [0.1, 0.15) is 15.9 Å². The molecule has 2 aromatic carbocycles. The average molecular weight is 292 g/mol. The fraction of sp³-hybridized carbons (Fsp3) is 0.133. The molecule has 0 bridgehead atoms. The highest BCUT2D eigenvalue weighted by molar-refractivity contribution is 6.32. The fourth-order valence-corrected chi connectivity index (χ4v) is 2.07. The highest BCUT2D eigenvalue weighted by atomic mass is 35.5. The van der Waals surface area contributed by atoms with Crippen LogP contribution in [0.5, 0.6) is 11.5 Å². The Bertz CT molecular complexity index is 656. The summed E-state index contributed by atoms with van der Waals surface area (Å²) >= 11 is 5.94. The summed E-state index contributed by atoms with van der Waals surface area (Å²) in [7, 11) is 3.00. The highest BCUT2D eigenvalue weighted by Crippen LogP contribution is 2.30. The number of para-hydroxylation sites is 1. The summed E-state index contributed by atoms with van der Waals surface area (Å²) in [5.41, 5.74) is 7.08. The maximum absolute atomic E-state index is 12.5. The number of hydrogen-bond donors (Lipinski definition) is 1. The Balaban J connectivity index is 2.46. The van der Waals surface area contributed by atoms with Crippen molar-refractivity contribution in [2.24, 2.45) is 0 Å². The van der Waals surface area contributed by atoms with E-state index >= 15 is 0 Å². The van der Waals surface area contributed by atoms with E-state index in [4.69, 9.17) is 26.8 Å². The van der Waals surface area contributed by atoms with Crippen LogP contribution in [0.2, 0.25) is 5.02 Å². The molecule has 0 aliphatic carbocycles. The lowest BCUT2D eigenvalue weighted by molar-refractivity contribution is 0.103. The number of hydrogen-bond acceptors (Lipinski definition) is 4. The molecule has 0 spiro atoms. The van der Waals surface area contributed by atoms with Crippen LogP contribution >= 0.6 is 11.6 Å². The van der Waals surface area contributed by atoms with Crippen molar-refractivity contribution in [3.8, 4) is 11.5 Å². The molecule has 2 rings (SSSR count). The first-order valence-corrected chi connectivity index (χ1v) is 6.27. The van der Waals surface area contributed by atoms with Gasteiger partial charge in [-0.15, -0.1) is 0 Å². The molecule has 0 aliphatic heterocycles. The molecule has 104 valence electrons. The molecule has 0 heterocycles. The molecule has 0 saturated heterocycles. The number of ketones is 1. The van der Waals surface area contributed by atoms with Crippen molar-refractivity contribution < 1.29 is 14.3 Å². The van der Waals surface area contributed by atoms with Crippen LogP contribution in [0.15, 0.2) is 36.4 Å². The van der Waals surface area contributed by atoms with E-state index in [-0.39, 0.29) is 5.78 Å². The summed E-state index contributed by atoms with van der Waals surface area (Å²) in [6, 6.07) is 9.91. The van der Waals surface area contributed by atoms with Gasteiger partial charge in [0, 0.05) is 11.1 Å². The molecule has 0 radical (unpaired) electrons. The number of carbonyl (C=O) groups is 1. The standard InChI is InChI=1S/C15H14ClNO3/c1-19-12-5-3-4-10(14(12)17)15(18)9-6-7-11(16)13(8-9)20-2/h3-8H,17H2,1-2H3. The molecule has 4 nitrogen and oxygen atoms in total. The summed E-state index contributed by atoms with van der Waals surface area (Å²) < 4.78 is 10.2. The predicted octanol–water partition coefficient (Wildman–Crippen LogP) is 3.17. The van der Waals surface area contributed by atoms with E-state index in [1.54, 1.807) is 36.4 Å². The molecule has 0 aliphatic rings. The van der Waals surface area contributed by atoms with Crippen LogP contribution in [0, 0.1) is 0 Å². The number of carbonyl (C=O) groups excluding carboxylic acids is 1. The van der Waals surface area contributed by atoms with Gasteiger partial charge in [0.25, 0.3) is 0 Å². The zero-order valence-corrected chi connectivity index (χ0v) is 11.9. The average Bonchev–Trinajstić information content (AvgIpc) is 2.47. The van der Waals surface area contributed by atoms with Crippen LogP contribution in [0.4, 0.5) is 5.69 Å². The lowest BCUT2D eigenvalue weighted by Gasteiger charge is -2.10. The van der Waals surface area contributed by atoms with Gasteiger partial charge < -0.3 is 15.2 Å². The number of halogens is 1. The minimum Gasteiger partial charge on any atom is -0.495 e. The molecule has 2 N–H and O–H groups in total. The molecule has 0 atom stereocenters. The summed E-state index contributed by atoms with van der Waals surface area (Å²) in [6.07, 6.45) is 0. The molecular formula is C15H14ClNO3. The summed E-state index contributed by atoms with van der Waals surface area (Å²) in [6.45, 7) is 0. The highest BCUT2D eigenvalue weighted by Gasteiger charge is 2.16. The Hall–Kier alpha value is -2.20. The largest absolute Gasteiger partial charge is 0.495 e. The van der Waals surface area contributed by atoms with E-state index in [1.165, 1.54) is 14.2 Å². The van der Waals surface area contributed by atoms with Crippen molar-refractivity contribution in [3.05, 3.63) is 52.5 Å². The second-order valence-corrected chi connectivity index (χ2v) is 4.51. The molecule has 0 aromatic heterocycles. The summed E-state index contributed by atoms with van der Waals surface area (Å²) in [5, 5.41) is 0.447. The third-order valence-corrected chi connectivity index (χ3v) is 3.26. The number of benzene rings is 2. The quantitative estimate of drug-likeness (QED) is 0.694. The topological polar surface area (TPSA) is 61.5 Å². The summed E-state index contributed by atoms with van der Waals surface area (Å²) in [5.74, 6) is 0.701. The van der Waals surface area contributed by atoms with Crippen molar-refractivity contribution in [2.75, 3.05) is 20.0 Å². The van der Waals surface area contributed by atoms with Crippen molar-refractivity contribution >= 4 is 23.1 Å². The maximum atomic E-state index is 12.5. The van der Waals surface area contributed by atoms with Gasteiger partial charge in [-0.3, -0.25) is 4.79 Å². The molecule has 2 aromatic rings. The normalized spacial score (nSPS) is 10.2. The van der Waals surface area contributed by atoms with Gasteiger partial charge in [0.1, 0.15) is 11.5 Å². The van der Waals surface area contributed by atoms with E-state index in [2.05, 4.69) is 0 Å². The summed E-state index contributed by atoms with van der Waals surface area (Å²) in [4.78, 5) is 12.5. The Kier molecular flexibility index (Phi) is 4.15. The maximum Gasteiger partial charge on any atom is 0.195 e. The minimum atomic E-state index is -0.212. The van der Waals surface area contributed by atoms with Gasteiger partial charge in [-0.05, 0) is 30.3 Å². The van der Waals surface area contributed by atoms with Gasteiger partial charge in [-0.25, -0.2) is 0 Å². The van der Waals surface area contributed by atoms with Crippen molar-refractivity contribution in [2.45, 2.75) is 0 Å². The van der Waals surface area contributed by atoms with Gasteiger partial charge in [-0.1, -0.05) is 17.7 Å². The van der Waals surface area contributed by atoms with Crippen molar-refractivity contribution in [1.29, 1.82) is 0 Å². The lowest BCUT2D eigenvalue weighted by atomic mass is 10.0. The zero-order valence-electron chi connectivity index (χ0n) is 11.1. The van der Waals surface area contributed by atoms with Crippen molar-refractivity contribution in [3.63, 3.8) is 0 Å². The molecular weight excluding hydrogens is 278 g/mol. The van der Waals surface area contributed by atoms with E-state index < -0.39 is 0 Å². The van der Waals surface area contributed by atoms with Crippen LogP contribution in [0.3, 0.4) is 0 Å². The first-order valence-electron chi connectivity index (χ1n) is 5.89. The molecule has 5 heteroatoms. The minimum absolute atomic E-state index is 0.212. The second-order valence-electron chi connectivity index (χ2n) is 4.10. The number of nitrogen functional groups attached to an aromatic ring is 1. The van der Waals surface area contributed by atoms with E-state index in [0.717, 1.165) is 0 Å². The number of rotatable bonds is 4. The molecule has 0 saturated carbocycles. The van der Waals surface area contributed by atoms with Crippen LogP contribution in [0.25, 0.3) is 0 Å². The number of anilines is 1. The van der Waals surface area contributed by atoms with E-state index in [9.17, 15) is 4.79 Å². The second kappa shape index (κ2) is 5.84. The van der Waals surface area contributed by atoms with Crippen LogP contribution in [-0.4, -0.2) is 20.0 Å². The first kappa shape index (κ1) is 14.2. The molecule has 0 amide bonds. The Morgan fingerprint density at radius 2 is 1.80 bits per heavy atom. The number of methoxy groups -OCH3 is 2. The number of nitrogens with two attached hydrogens (primary N) is 1. The first-order chi connectivity index (χ1) is 9.58. The predicted molar refractivity (Wildman–Crippen MR) is 78.8 cm³/mol. The Morgan fingerprint density at radius 3 is 2.45 bits per heavy atom. The van der Waals surface area contributed by atoms with Crippen LogP contribution in [-0.2, 0) is 0 Å². The molecule has 20 heavy (non-hydrogen) atoms. The Morgan fingerprint density at radius 1 is 1.10 bits per heavy atom. The van der Waals surface area contributed by atoms with Crippen molar-refractivity contribution in [1.82, 2.24) is 0 Å². The van der Waals surface area contributed by atoms with E-state index in [0.29, 0.717) is 33.3 Å². The molecule has 0 unspecified atom stereocenters. The molecule has 0 fully saturated rings. The van der Waals surface area contributed by atoms with Gasteiger partial charge in [0.05, 0.1) is 24.9 Å².